The van der Waals surface area contributed by atoms with E-state index in [0.29, 0.717) is 12.2 Å². The Kier molecular flexibility index (Phi) is 2.88. The van der Waals surface area contributed by atoms with Gasteiger partial charge in [0, 0.05) is 11.8 Å². The van der Waals surface area contributed by atoms with Crippen LogP contribution in [0.1, 0.15) is 38.8 Å². The summed E-state index contributed by atoms with van der Waals surface area (Å²) >= 11 is 0. The molecule has 0 radical (unpaired) electrons. The highest BCUT2D eigenvalue weighted by Crippen LogP contribution is 2.17. The normalized spacial score (nSPS) is 11.6. The SMILES string of the molecule is CC(C)(C)c1n[nH]c(CCC(=O)O)n1. The molecule has 0 aliphatic heterocycles. The molecule has 78 valence electrons. The summed E-state index contributed by atoms with van der Waals surface area (Å²) < 4.78 is 0. The van der Waals surface area contributed by atoms with E-state index in [1.165, 1.54) is 0 Å². The summed E-state index contributed by atoms with van der Waals surface area (Å²) in [4.78, 5) is 14.5. The number of carboxylic acid groups (broad SMARTS) is 1. The molecule has 0 saturated heterocycles. The molecule has 0 aliphatic rings. The summed E-state index contributed by atoms with van der Waals surface area (Å²) in [6.07, 6.45) is 0.483. The molecule has 0 fully saturated rings. The van der Waals surface area contributed by atoms with Crippen LogP contribution in [0.15, 0.2) is 0 Å². The fourth-order valence-corrected chi connectivity index (χ4v) is 0.968. The van der Waals surface area contributed by atoms with Gasteiger partial charge in [-0.1, -0.05) is 20.8 Å². The Labute approximate surface area is 82.6 Å². The van der Waals surface area contributed by atoms with Gasteiger partial charge in [0.05, 0.1) is 6.42 Å². The van der Waals surface area contributed by atoms with Crippen LogP contribution < -0.4 is 0 Å². The molecule has 0 saturated carbocycles. The van der Waals surface area contributed by atoms with Crippen LogP contribution in [-0.2, 0) is 16.6 Å². The number of H-pyrrole nitrogens is 1. The molecule has 5 nitrogen and oxygen atoms in total. The maximum Gasteiger partial charge on any atom is 0.303 e. The first kappa shape index (κ1) is 10.7. The summed E-state index contributed by atoms with van der Waals surface area (Å²) in [7, 11) is 0. The van der Waals surface area contributed by atoms with E-state index in [-0.39, 0.29) is 11.8 Å². The molecule has 14 heavy (non-hydrogen) atoms. The fourth-order valence-electron chi connectivity index (χ4n) is 0.968. The lowest BCUT2D eigenvalue weighted by atomic mass is 9.96. The van der Waals surface area contributed by atoms with Gasteiger partial charge in [-0.25, -0.2) is 4.98 Å². The van der Waals surface area contributed by atoms with Crippen LogP contribution >= 0.6 is 0 Å². The molecule has 2 N–H and O–H groups in total. The molecule has 1 heterocycles. The second-order valence-corrected chi connectivity index (χ2v) is 4.25. The van der Waals surface area contributed by atoms with Gasteiger partial charge in [0.25, 0.3) is 0 Å². The van der Waals surface area contributed by atoms with E-state index in [0.717, 1.165) is 5.82 Å². The highest BCUT2D eigenvalue weighted by Gasteiger charge is 2.19. The number of aliphatic carboxylic acids is 1. The largest absolute Gasteiger partial charge is 0.481 e. The van der Waals surface area contributed by atoms with Crippen LogP contribution in [0.25, 0.3) is 0 Å². The van der Waals surface area contributed by atoms with Gasteiger partial charge in [0.15, 0.2) is 5.82 Å². The summed E-state index contributed by atoms with van der Waals surface area (Å²) in [5.41, 5.74) is -0.0992. The summed E-state index contributed by atoms with van der Waals surface area (Å²) in [5.74, 6) is 0.536. The van der Waals surface area contributed by atoms with E-state index in [1.54, 1.807) is 0 Å². The van der Waals surface area contributed by atoms with Gasteiger partial charge in [-0.2, -0.15) is 5.10 Å². The van der Waals surface area contributed by atoms with Crippen molar-refractivity contribution in [3.8, 4) is 0 Å². The number of aromatic amines is 1. The number of rotatable bonds is 3. The highest BCUT2D eigenvalue weighted by molar-refractivity contribution is 5.66. The zero-order valence-electron chi connectivity index (χ0n) is 8.66. The zero-order chi connectivity index (χ0) is 10.8. The number of nitrogens with zero attached hydrogens (tertiary/aromatic N) is 2. The molecule has 0 unspecified atom stereocenters. The number of hydrogen-bond donors (Lipinski definition) is 2. The predicted molar refractivity (Wildman–Crippen MR) is 51.0 cm³/mol. The van der Waals surface area contributed by atoms with Crippen LogP contribution in [0.5, 0.6) is 0 Å². The third-order valence-corrected chi connectivity index (χ3v) is 1.78. The van der Waals surface area contributed by atoms with Gasteiger partial charge < -0.3 is 5.11 Å². The van der Waals surface area contributed by atoms with Crippen LogP contribution in [0, 0.1) is 0 Å². The molecule has 1 rings (SSSR count). The van der Waals surface area contributed by atoms with Crippen molar-refractivity contribution in [1.82, 2.24) is 15.2 Å². The van der Waals surface area contributed by atoms with Crippen molar-refractivity contribution in [3.63, 3.8) is 0 Å². The summed E-state index contributed by atoms with van der Waals surface area (Å²) in [6, 6.07) is 0. The first-order valence-corrected chi connectivity index (χ1v) is 4.53. The van der Waals surface area contributed by atoms with Crippen LogP contribution in [0.2, 0.25) is 0 Å². The highest BCUT2D eigenvalue weighted by atomic mass is 16.4. The average molecular weight is 197 g/mol. The van der Waals surface area contributed by atoms with Crippen LogP contribution in [0.3, 0.4) is 0 Å². The maximum atomic E-state index is 10.3. The monoisotopic (exact) mass is 197 g/mol. The molecule has 0 amide bonds. The van der Waals surface area contributed by atoms with Gasteiger partial charge >= 0.3 is 5.97 Å². The van der Waals surface area contributed by atoms with E-state index >= 15 is 0 Å². The van der Waals surface area contributed by atoms with Gasteiger partial charge in [0.2, 0.25) is 0 Å². The predicted octanol–water partition coefficient (Wildman–Crippen LogP) is 1.12. The Hall–Kier alpha value is -1.39. The van der Waals surface area contributed by atoms with Crippen molar-refractivity contribution < 1.29 is 9.90 Å². The first-order chi connectivity index (χ1) is 6.39. The number of aryl methyl sites for hydroxylation is 1. The number of hydrogen-bond acceptors (Lipinski definition) is 3. The van der Waals surface area contributed by atoms with E-state index < -0.39 is 5.97 Å². The number of aromatic nitrogens is 3. The van der Waals surface area contributed by atoms with E-state index in [2.05, 4.69) is 15.2 Å². The lowest BCUT2D eigenvalue weighted by Crippen LogP contribution is -2.13. The standard InChI is InChI=1S/C9H15N3O2/c1-9(2,3)8-10-6(11-12-8)4-5-7(13)14/h4-5H2,1-3H3,(H,13,14)(H,10,11,12). The second kappa shape index (κ2) is 3.77. The minimum atomic E-state index is -0.821. The molecular weight excluding hydrogens is 182 g/mol. The third-order valence-electron chi connectivity index (χ3n) is 1.78. The molecular formula is C9H15N3O2. The molecule has 0 atom stereocenters. The lowest BCUT2D eigenvalue weighted by molar-refractivity contribution is -0.137. The zero-order valence-corrected chi connectivity index (χ0v) is 8.66. The fraction of sp³-hybridized carbons (Fsp3) is 0.667. The molecule has 0 spiro atoms. The minimum absolute atomic E-state index is 0.0821. The second-order valence-electron chi connectivity index (χ2n) is 4.25. The van der Waals surface area contributed by atoms with Crippen molar-refractivity contribution in [2.75, 3.05) is 0 Å². The number of carbonyl (C=O) groups is 1. The van der Waals surface area contributed by atoms with Crippen LogP contribution in [-0.4, -0.2) is 26.3 Å². The molecule has 0 aromatic carbocycles. The topological polar surface area (TPSA) is 78.9 Å². The van der Waals surface area contributed by atoms with Gasteiger partial charge in [-0.3, -0.25) is 9.89 Å². The van der Waals surface area contributed by atoms with Crippen molar-refractivity contribution in [2.45, 2.75) is 39.0 Å². The van der Waals surface area contributed by atoms with Crippen molar-refractivity contribution >= 4 is 5.97 Å². The molecule has 1 aromatic rings. The molecule has 1 aromatic heterocycles. The average Bonchev–Trinajstić information content (AvgIpc) is 2.47. The van der Waals surface area contributed by atoms with Crippen molar-refractivity contribution in [3.05, 3.63) is 11.6 Å². The van der Waals surface area contributed by atoms with Crippen LogP contribution in [0.4, 0.5) is 0 Å². The molecule has 5 heteroatoms. The maximum absolute atomic E-state index is 10.3. The number of nitrogens with one attached hydrogen (secondary N) is 1. The van der Waals surface area contributed by atoms with E-state index in [4.69, 9.17) is 5.11 Å². The lowest BCUT2D eigenvalue weighted by Gasteiger charge is -2.11. The quantitative estimate of drug-likeness (QED) is 0.761. The van der Waals surface area contributed by atoms with Crippen molar-refractivity contribution in [2.24, 2.45) is 0 Å². The Bertz CT molecular complexity index is 325. The Morgan fingerprint density at radius 2 is 2.14 bits per heavy atom. The molecule has 0 bridgehead atoms. The van der Waals surface area contributed by atoms with Gasteiger partial charge in [0.1, 0.15) is 5.82 Å². The minimum Gasteiger partial charge on any atom is -0.481 e. The number of carboxylic acids is 1. The van der Waals surface area contributed by atoms with E-state index in [1.807, 2.05) is 20.8 Å². The molecule has 0 aliphatic carbocycles. The third kappa shape index (κ3) is 2.83. The van der Waals surface area contributed by atoms with E-state index in [9.17, 15) is 4.79 Å². The Morgan fingerprint density at radius 1 is 1.50 bits per heavy atom. The van der Waals surface area contributed by atoms with Crippen molar-refractivity contribution in [1.29, 1.82) is 0 Å². The Morgan fingerprint density at radius 3 is 2.57 bits per heavy atom. The smallest absolute Gasteiger partial charge is 0.303 e. The summed E-state index contributed by atoms with van der Waals surface area (Å²) in [5, 5.41) is 15.3. The first-order valence-electron chi connectivity index (χ1n) is 4.53. The van der Waals surface area contributed by atoms with Gasteiger partial charge in [-0.15, -0.1) is 0 Å². The Balaban J connectivity index is 2.64. The van der Waals surface area contributed by atoms with Gasteiger partial charge in [-0.05, 0) is 0 Å². The summed E-state index contributed by atoms with van der Waals surface area (Å²) in [6.45, 7) is 6.03.